The van der Waals surface area contributed by atoms with Crippen molar-refractivity contribution in [1.82, 2.24) is 0 Å². The Balaban J connectivity index is 0. The fraction of sp³-hybridized carbons (Fsp3) is 0. The molecule has 0 atom stereocenters. The molecule has 4 heteroatoms. The molecule has 4 heavy (non-hydrogen) atoms. The van der Waals surface area contributed by atoms with Gasteiger partial charge in [-0.15, -0.1) is 0 Å². The van der Waals surface area contributed by atoms with Crippen LogP contribution in [0.1, 0.15) is 0 Å². The molecule has 0 amide bonds. The van der Waals surface area contributed by atoms with Crippen LogP contribution < -0.4 is 0 Å². The number of hydrogen-bond donors (Lipinski definition) is 0. The van der Waals surface area contributed by atoms with E-state index in [1.165, 1.54) is 0 Å². The van der Waals surface area contributed by atoms with E-state index in [2.05, 4.69) is 0 Å². The van der Waals surface area contributed by atoms with Gasteiger partial charge in [0.15, 0.2) is 0 Å². The van der Waals surface area contributed by atoms with Crippen LogP contribution >= 0.6 is 0 Å². The van der Waals surface area contributed by atoms with E-state index in [0.29, 0.717) is 0 Å². The fourth-order valence-corrected chi connectivity index (χ4v) is 0. The molecule has 0 aliphatic carbocycles. The van der Waals surface area contributed by atoms with Crippen LogP contribution in [0.2, 0.25) is 0 Å². The zero-order chi connectivity index (χ0) is 0. The molecule has 0 unspecified atom stereocenters. The second-order valence-electron chi connectivity index (χ2n) is 0. The first-order chi connectivity index (χ1) is 0. The third-order valence-corrected chi connectivity index (χ3v) is 0. The maximum absolute atomic E-state index is 0. The monoisotopic (exact) mass is 158 g/mol. The minimum atomic E-state index is 0. The molecule has 34 valence electrons. The van der Waals surface area contributed by atoms with E-state index in [0.717, 1.165) is 0 Å². The number of hydrogen-bond acceptors (Lipinski definition) is 0. The average Bonchev–Trinajstić information content (AvgIpc) is 0. The van der Waals surface area contributed by atoms with Crippen LogP contribution in [0.25, 0.3) is 0 Å². The van der Waals surface area contributed by atoms with Crippen molar-refractivity contribution in [3.8, 4) is 0 Å². The molecule has 0 aromatic rings. The molecule has 0 rings (SSSR count). The van der Waals surface area contributed by atoms with Gasteiger partial charge in [0, 0.05) is 22.5 Å². The van der Waals surface area contributed by atoms with Crippen LogP contribution in [0.15, 0.2) is 0 Å². The first-order valence-corrected chi connectivity index (χ1v) is 0. The van der Waals surface area contributed by atoms with Gasteiger partial charge in [-0.25, -0.2) is 0 Å². The van der Waals surface area contributed by atoms with Crippen LogP contribution in [0.5, 0.6) is 0 Å². The van der Waals surface area contributed by atoms with Crippen molar-refractivity contribution in [3.63, 3.8) is 0 Å². The predicted molar refractivity (Wildman–Crippen MR) is 1.37 cm³/mol. The quantitative estimate of drug-likeness (QED) is 0.438. The maximum Gasteiger partial charge on any atom is 2.00 e. The van der Waals surface area contributed by atoms with Crippen LogP contribution in [-0.4, -0.2) is 0 Å². The van der Waals surface area contributed by atoms with Crippen molar-refractivity contribution in [2.45, 2.75) is 0 Å². The molecule has 0 aliphatic heterocycles. The first-order valence-electron chi connectivity index (χ1n) is 0. The molecule has 0 aromatic carbocycles. The molecule has 2 nitrogen and oxygen atoms in total. The van der Waals surface area contributed by atoms with Crippen LogP contribution in [0.4, 0.5) is 0 Å². The summed E-state index contributed by atoms with van der Waals surface area (Å²) in [7, 11) is 0. The van der Waals surface area contributed by atoms with Crippen molar-refractivity contribution in [3.05, 3.63) is 0 Å². The van der Waals surface area contributed by atoms with E-state index in [4.69, 9.17) is 0 Å². The zero-order valence-electron chi connectivity index (χ0n) is 1.42. The Bertz CT molecular complexity index is 4.00. The average molecular weight is 159 g/mol. The predicted octanol–water partition coefficient (Wildman–Crippen LogP) is -0.243. The van der Waals surface area contributed by atoms with Crippen molar-refractivity contribution in [2.75, 3.05) is 0 Å². The molecule has 0 aromatic heterocycles. The molecule has 0 bridgehead atoms. The third-order valence-electron chi connectivity index (χ3n) is 0. The summed E-state index contributed by atoms with van der Waals surface area (Å²) in [5.41, 5.74) is 0. The Morgan fingerprint density at radius 1 is 1.00 bits per heavy atom. The molecular formula is Cu2O2. The minimum absolute atomic E-state index is 0. The third kappa shape index (κ3) is 12.3. The Morgan fingerprint density at radius 2 is 1.00 bits per heavy atom. The zero-order valence-corrected chi connectivity index (χ0v) is 3.30. The van der Waals surface area contributed by atoms with Gasteiger partial charge in [0.25, 0.3) is 0 Å². The normalized spacial score (nSPS) is 0. The molecule has 0 spiro atoms. The van der Waals surface area contributed by atoms with E-state index in [1.807, 2.05) is 0 Å². The van der Waals surface area contributed by atoms with Gasteiger partial charge in [0.1, 0.15) is 0 Å². The molecule has 0 N–H and O–H groups in total. The Labute approximate surface area is 45.5 Å². The summed E-state index contributed by atoms with van der Waals surface area (Å²) in [6.45, 7) is 0. The summed E-state index contributed by atoms with van der Waals surface area (Å²) in [5.74, 6) is 0. The molecular weight excluding hydrogens is 159 g/mol. The fourth-order valence-electron chi connectivity index (χ4n) is 0. The number of rotatable bonds is 0. The van der Waals surface area contributed by atoms with Gasteiger partial charge in [0.2, 0.25) is 0 Å². The molecule has 0 saturated carbocycles. The Hall–Kier alpha value is 0.959. The summed E-state index contributed by atoms with van der Waals surface area (Å²) >= 11 is 0. The summed E-state index contributed by atoms with van der Waals surface area (Å²) in [6.07, 6.45) is 0. The smallest absolute Gasteiger partial charge is 2.00 e. The van der Waals surface area contributed by atoms with Crippen molar-refractivity contribution in [2.24, 2.45) is 0 Å². The topological polar surface area (TPSA) is 57.0 Å². The summed E-state index contributed by atoms with van der Waals surface area (Å²) in [6, 6.07) is 0. The second-order valence-corrected chi connectivity index (χ2v) is 0. The summed E-state index contributed by atoms with van der Waals surface area (Å²) < 4.78 is 0. The summed E-state index contributed by atoms with van der Waals surface area (Å²) in [4.78, 5) is 0. The van der Waals surface area contributed by atoms with Gasteiger partial charge in [-0.2, -0.15) is 0 Å². The molecule has 4 radical (unpaired) electrons. The first kappa shape index (κ1) is 84.5. The Kier molecular flexibility index (Phi) is 796. The molecule has 0 aliphatic rings. The second kappa shape index (κ2) is 37.7. The van der Waals surface area contributed by atoms with Crippen LogP contribution in [0.3, 0.4) is 0 Å². The van der Waals surface area contributed by atoms with Crippen LogP contribution in [-0.2, 0) is 45.1 Å². The van der Waals surface area contributed by atoms with Gasteiger partial charge >= 0.3 is 17.1 Å². The molecule has 0 fully saturated rings. The van der Waals surface area contributed by atoms with Gasteiger partial charge in [0.05, 0.1) is 0 Å². The standard InChI is InChI=1S/2Cu.2O/q;+2;;-2. The van der Waals surface area contributed by atoms with E-state index in [9.17, 15) is 0 Å². The molecule has 0 saturated heterocycles. The van der Waals surface area contributed by atoms with Gasteiger partial charge in [-0.05, 0) is 0 Å². The van der Waals surface area contributed by atoms with Crippen LogP contribution in [0, 0.1) is 0 Å². The SMILES string of the molecule is [Cu+2].[Cu].[O-2].[O]. The van der Waals surface area contributed by atoms with Crippen molar-refractivity contribution < 1.29 is 45.1 Å². The van der Waals surface area contributed by atoms with Crippen molar-refractivity contribution >= 4 is 0 Å². The summed E-state index contributed by atoms with van der Waals surface area (Å²) in [5, 5.41) is 0. The van der Waals surface area contributed by atoms with Crippen molar-refractivity contribution in [1.29, 1.82) is 0 Å². The molecule has 0 heterocycles. The van der Waals surface area contributed by atoms with Gasteiger partial charge in [-0.1, -0.05) is 0 Å². The van der Waals surface area contributed by atoms with E-state index >= 15 is 0 Å². The Morgan fingerprint density at radius 3 is 1.00 bits per heavy atom. The largest absolute Gasteiger partial charge is 2.00 e. The van der Waals surface area contributed by atoms with E-state index in [-0.39, 0.29) is 45.1 Å². The van der Waals surface area contributed by atoms with Gasteiger partial charge in [-0.3, -0.25) is 0 Å². The van der Waals surface area contributed by atoms with E-state index < -0.39 is 0 Å². The van der Waals surface area contributed by atoms with Gasteiger partial charge < -0.3 is 5.48 Å². The maximum atomic E-state index is 0. The minimum Gasteiger partial charge on any atom is -2.00 e. The van der Waals surface area contributed by atoms with E-state index in [1.54, 1.807) is 0 Å².